The lowest BCUT2D eigenvalue weighted by Gasteiger charge is -2.44. The Balaban J connectivity index is 1.35. The standard InChI is InChI=1S/C25H28Cl2N2O2/c1-25(2)13-17-11-16(20-12-18(26)4-6-21(20)27)3-5-19(17)23(25)28-24(30)31-22-14-29-9-7-15(22)8-10-29/h3-6,11-12,15,22-23H,7-10,13-14H2,1-2H3,(H,28,30)/t22-,23?/m0/s1. The van der Waals surface area contributed by atoms with Gasteiger partial charge in [-0.05, 0) is 78.6 Å². The van der Waals surface area contributed by atoms with Crippen molar-refractivity contribution >= 4 is 29.3 Å². The summed E-state index contributed by atoms with van der Waals surface area (Å²) >= 11 is 12.6. The van der Waals surface area contributed by atoms with Crippen molar-refractivity contribution in [2.24, 2.45) is 11.3 Å². The van der Waals surface area contributed by atoms with E-state index < -0.39 is 0 Å². The van der Waals surface area contributed by atoms with Crippen molar-refractivity contribution in [1.82, 2.24) is 10.2 Å². The van der Waals surface area contributed by atoms with Crippen molar-refractivity contribution in [3.05, 3.63) is 57.6 Å². The van der Waals surface area contributed by atoms with Gasteiger partial charge in [-0.2, -0.15) is 0 Å². The Kier molecular flexibility index (Phi) is 5.44. The van der Waals surface area contributed by atoms with E-state index in [9.17, 15) is 4.79 Å². The summed E-state index contributed by atoms with van der Waals surface area (Å²) in [5.41, 5.74) is 4.24. The molecule has 4 aliphatic rings. The van der Waals surface area contributed by atoms with Gasteiger partial charge in [0.25, 0.3) is 0 Å². The minimum Gasteiger partial charge on any atom is -0.445 e. The van der Waals surface area contributed by atoms with E-state index in [1.54, 1.807) is 6.07 Å². The molecule has 1 N–H and O–H groups in total. The molecule has 164 valence electrons. The molecule has 1 unspecified atom stereocenters. The predicted octanol–water partition coefficient (Wildman–Crippen LogP) is 6.10. The van der Waals surface area contributed by atoms with Gasteiger partial charge in [0.15, 0.2) is 0 Å². The molecule has 2 aromatic carbocycles. The van der Waals surface area contributed by atoms with Crippen LogP contribution < -0.4 is 5.32 Å². The summed E-state index contributed by atoms with van der Waals surface area (Å²) in [5, 5.41) is 4.53. The molecule has 4 nitrogen and oxygen atoms in total. The number of ether oxygens (including phenoxy) is 1. The number of nitrogens with one attached hydrogen (secondary N) is 1. The van der Waals surface area contributed by atoms with E-state index in [2.05, 4.69) is 42.3 Å². The third kappa shape index (κ3) is 4.06. The van der Waals surface area contributed by atoms with Crippen LogP contribution >= 0.6 is 23.2 Å². The number of rotatable bonds is 3. The van der Waals surface area contributed by atoms with E-state index in [-0.39, 0.29) is 23.7 Å². The van der Waals surface area contributed by atoms with Crippen LogP contribution in [-0.4, -0.2) is 36.7 Å². The van der Waals surface area contributed by atoms with Gasteiger partial charge in [-0.3, -0.25) is 4.90 Å². The fourth-order valence-corrected chi connectivity index (χ4v) is 5.95. The number of fused-ring (bicyclic) bond motifs is 4. The first-order valence-corrected chi connectivity index (χ1v) is 11.8. The van der Waals surface area contributed by atoms with Crippen molar-refractivity contribution in [2.45, 2.75) is 45.3 Å². The highest BCUT2D eigenvalue weighted by atomic mass is 35.5. The zero-order valence-electron chi connectivity index (χ0n) is 18.0. The van der Waals surface area contributed by atoms with Crippen molar-refractivity contribution in [1.29, 1.82) is 0 Å². The first-order valence-electron chi connectivity index (χ1n) is 11.1. The van der Waals surface area contributed by atoms with E-state index >= 15 is 0 Å². The summed E-state index contributed by atoms with van der Waals surface area (Å²) in [6, 6.07) is 11.8. The Morgan fingerprint density at radius 1 is 1.13 bits per heavy atom. The maximum Gasteiger partial charge on any atom is 0.407 e. The van der Waals surface area contributed by atoms with Gasteiger partial charge in [-0.15, -0.1) is 0 Å². The second-order valence-corrected chi connectivity index (χ2v) is 10.7. The monoisotopic (exact) mass is 458 g/mol. The first-order chi connectivity index (χ1) is 14.8. The summed E-state index contributed by atoms with van der Waals surface area (Å²) in [5.74, 6) is 0.504. The van der Waals surface area contributed by atoms with E-state index in [0.717, 1.165) is 55.6 Å². The van der Waals surface area contributed by atoms with Gasteiger partial charge in [-0.25, -0.2) is 4.79 Å². The van der Waals surface area contributed by atoms with Crippen LogP contribution in [0.1, 0.15) is 43.9 Å². The summed E-state index contributed by atoms with van der Waals surface area (Å²) in [7, 11) is 0. The quantitative estimate of drug-likeness (QED) is 0.603. The minimum absolute atomic E-state index is 0.0128. The zero-order chi connectivity index (χ0) is 21.8. The van der Waals surface area contributed by atoms with Crippen molar-refractivity contribution in [2.75, 3.05) is 19.6 Å². The highest BCUT2D eigenvalue weighted by Gasteiger charge is 2.42. The second-order valence-electron chi connectivity index (χ2n) is 9.86. The largest absolute Gasteiger partial charge is 0.445 e. The number of amides is 1. The predicted molar refractivity (Wildman–Crippen MR) is 125 cm³/mol. The number of piperidine rings is 3. The number of carbonyl (C=O) groups excluding carboxylic acids is 1. The molecule has 3 aliphatic heterocycles. The van der Waals surface area contributed by atoms with E-state index in [4.69, 9.17) is 27.9 Å². The van der Waals surface area contributed by atoms with Crippen molar-refractivity contribution in [3.63, 3.8) is 0 Å². The highest BCUT2D eigenvalue weighted by molar-refractivity contribution is 6.35. The van der Waals surface area contributed by atoms with Crippen molar-refractivity contribution in [3.8, 4) is 11.1 Å². The molecule has 0 saturated carbocycles. The number of hydrogen-bond donors (Lipinski definition) is 1. The van der Waals surface area contributed by atoms with Gasteiger partial charge in [-0.1, -0.05) is 55.2 Å². The fourth-order valence-electron chi connectivity index (χ4n) is 5.55. The Bertz CT molecular complexity index is 1010. The normalized spacial score (nSPS) is 28.3. The van der Waals surface area contributed by atoms with E-state index in [1.165, 1.54) is 5.56 Å². The third-order valence-electron chi connectivity index (χ3n) is 7.24. The minimum atomic E-state index is -0.299. The summed E-state index contributed by atoms with van der Waals surface area (Å²) in [6.45, 7) is 7.52. The fraction of sp³-hybridized carbons (Fsp3) is 0.480. The van der Waals surface area contributed by atoms with Gasteiger partial charge in [0.1, 0.15) is 6.10 Å². The van der Waals surface area contributed by atoms with Gasteiger partial charge >= 0.3 is 6.09 Å². The number of halogens is 2. The smallest absolute Gasteiger partial charge is 0.407 e. The van der Waals surface area contributed by atoms with Crippen LogP contribution in [-0.2, 0) is 11.2 Å². The van der Waals surface area contributed by atoms with Crippen LogP contribution in [0.4, 0.5) is 4.79 Å². The van der Waals surface area contributed by atoms with Crippen LogP contribution in [0.2, 0.25) is 10.0 Å². The lowest BCUT2D eigenvalue weighted by Crippen LogP contribution is -2.53. The van der Waals surface area contributed by atoms with Crippen molar-refractivity contribution < 1.29 is 9.53 Å². The molecular weight excluding hydrogens is 431 g/mol. The van der Waals surface area contributed by atoms with Gasteiger partial charge in [0, 0.05) is 22.2 Å². The lowest BCUT2D eigenvalue weighted by atomic mass is 9.85. The Labute approximate surface area is 193 Å². The molecule has 3 heterocycles. The summed E-state index contributed by atoms with van der Waals surface area (Å²) in [4.78, 5) is 15.2. The Morgan fingerprint density at radius 3 is 2.61 bits per heavy atom. The maximum atomic E-state index is 12.8. The molecule has 3 saturated heterocycles. The molecule has 3 fully saturated rings. The molecule has 31 heavy (non-hydrogen) atoms. The summed E-state index contributed by atoms with van der Waals surface area (Å²) < 4.78 is 5.89. The molecule has 2 bridgehead atoms. The Hall–Kier alpha value is -1.75. The summed E-state index contributed by atoms with van der Waals surface area (Å²) in [6.07, 6.45) is 2.85. The van der Waals surface area contributed by atoms with Crippen LogP contribution in [0, 0.1) is 11.3 Å². The molecule has 2 atom stereocenters. The molecule has 2 aromatic rings. The SMILES string of the molecule is CC1(C)Cc2cc(-c3cc(Cl)ccc3Cl)ccc2C1NC(=O)O[C@H]1CN2CCC1CC2. The topological polar surface area (TPSA) is 41.6 Å². The molecule has 0 aromatic heterocycles. The van der Waals surface area contributed by atoms with Crippen LogP contribution in [0.15, 0.2) is 36.4 Å². The first kappa shape index (κ1) is 21.1. The number of alkyl carbamates (subject to hydrolysis) is 1. The molecule has 1 aliphatic carbocycles. The van der Waals surface area contributed by atoms with Gasteiger partial charge < -0.3 is 10.1 Å². The third-order valence-corrected chi connectivity index (χ3v) is 7.80. The lowest BCUT2D eigenvalue weighted by molar-refractivity contribution is -0.0348. The molecule has 6 heteroatoms. The van der Waals surface area contributed by atoms with Crippen LogP contribution in [0.3, 0.4) is 0 Å². The molecule has 6 rings (SSSR count). The number of benzene rings is 2. The average molecular weight is 459 g/mol. The zero-order valence-corrected chi connectivity index (χ0v) is 19.5. The maximum absolute atomic E-state index is 12.8. The van der Waals surface area contributed by atoms with Crippen LogP contribution in [0.25, 0.3) is 11.1 Å². The van der Waals surface area contributed by atoms with Gasteiger partial charge in [0.05, 0.1) is 6.04 Å². The number of nitrogens with zero attached hydrogens (tertiary/aromatic N) is 1. The molecule has 1 amide bonds. The van der Waals surface area contributed by atoms with Gasteiger partial charge in [0.2, 0.25) is 0 Å². The number of carbonyl (C=O) groups is 1. The molecule has 0 spiro atoms. The average Bonchev–Trinajstić information content (AvgIpc) is 2.99. The molecule has 0 radical (unpaired) electrons. The van der Waals surface area contributed by atoms with Crippen LogP contribution in [0.5, 0.6) is 0 Å². The van der Waals surface area contributed by atoms with E-state index in [1.807, 2.05) is 12.1 Å². The Morgan fingerprint density at radius 2 is 1.90 bits per heavy atom. The number of hydrogen-bond acceptors (Lipinski definition) is 3. The van der Waals surface area contributed by atoms with E-state index in [0.29, 0.717) is 16.0 Å². The highest BCUT2D eigenvalue weighted by Crippen LogP contribution is 2.47. The second kappa shape index (κ2) is 7.99. The molecular formula is C25H28Cl2N2O2.